The van der Waals surface area contributed by atoms with E-state index in [0.29, 0.717) is 23.7 Å². The maximum absolute atomic E-state index is 12.4. The molecular formula is C23H24N4O2S. The van der Waals surface area contributed by atoms with E-state index in [1.807, 2.05) is 30.3 Å². The van der Waals surface area contributed by atoms with Gasteiger partial charge in [-0.15, -0.1) is 0 Å². The fraction of sp³-hybridized carbons (Fsp3) is 0.261. The van der Waals surface area contributed by atoms with Crippen molar-refractivity contribution >= 4 is 23.3 Å². The number of H-pyrrole nitrogens is 1. The highest BCUT2D eigenvalue weighted by Crippen LogP contribution is 2.18. The summed E-state index contributed by atoms with van der Waals surface area (Å²) < 4.78 is 1.21. The number of aromatic amines is 1. The van der Waals surface area contributed by atoms with Crippen LogP contribution in [0.4, 0.5) is 11.5 Å². The molecule has 0 aliphatic heterocycles. The first-order valence-corrected chi connectivity index (χ1v) is 10.9. The summed E-state index contributed by atoms with van der Waals surface area (Å²) in [6.45, 7) is 4.49. The number of anilines is 2. The minimum absolute atomic E-state index is 0.331. The van der Waals surface area contributed by atoms with Crippen LogP contribution in [0.25, 0.3) is 0 Å². The lowest BCUT2D eigenvalue weighted by Gasteiger charge is -2.11. The summed E-state index contributed by atoms with van der Waals surface area (Å²) in [5, 5.41) is 11.9. The predicted octanol–water partition coefficient (Wildman–Crippen LogP) is 3.96. The molecule has 2 aromatic carbocycles. The largest absolute Gasteiger partial charge is 0.342 e. The first kappa shape index (κ1) is 21.5. The van der Waals surface area contributed by atoms with Crippen molar-refractivity contribution in [3.63, 3.8) is 0 Å². The van der Waals surface area contributed by atoms with E-state index in [1.165, 1.54) is 21.8 Å². The van der Waals surface area contributed by atoms with Gasteiger partial charge in [0.25, 0.3) is 5.56 Å². The molecule has 0 saturated carbocycles. The molecule has 0 saturated heterocycles. The zero-order valence-corrected chi connectivity index (χ0v) is 17.9. The molecule has 0 aliphatic rings. The van der Waals surface area contributed by atoms with Crippen molar-refractivity contribution in [1.82, 2.24) is 9.55 Å². The van der Waals surface area contributed by atoms with Crippen molar-refractivity contribution in [3.8, 4) is 6.07 Å². The van der Waals surface area contributed by atoms with E-state index in [4.69, 9.17) is 5.26 Å². The third-order valence-corrected chi connectivity index (χ3v) is 5.85. The predicted molar refractivity (Wildman–Crippen MR) is 122 cm³/mol. The monoisotopic (exact) mass is 420 g/mol. The molecule has 1 aromatic heterocycles. The number of nitriles is 1. The highest BCUT2D eigenvalue weighted by molar-refractivity contribution is 7.98. The summed E-state index contributed by atoms with van der Waals surface area (Å²) in [5.74, 6) is 1.77. The van der Waals surface area contributed by atoms with E-state index in [2.05, 4.69) is 30.2 Å². The van der Waals surface area contributed by atoms with Gasteiger partial charge in [0.05, 0.1) is 11.6 Å². The number of aryl methyl sites for hydroxylation is 2. The summed E-state index contributed by atoms with van der Waals surface area (Å²) in [6, 6.07) is 16.9. The summed E-state index contributed by atoms with van der Waals surface area (Å²) >= 11 is 1.63. The number of rotatable bonds is 8. The average molecular weight is 421 g/mol. The molecule has 2 N–H and O–H groups in total. The van der Waals surface area contributed by atoms with Crippen molar-refractivity contribution in [3.05, 3.63) is 91.6 Å². The molecular weight excluding hydrogens is 396 g/mol. The van der Waals surface area contributed by atoms with Crippen LogP contribution in [0.2, 0.25) is 0 Å². The molecule has 7 heteroatoms. The van der Waals surface area contributed by atoms with Gasteiger partial charge in [-0.1, -0.05) is 25.1 Å². The minimum atomic E-state index is -0.424. The van der Waals surface area contributed by atoms with Gasteiger partial charge >= 0.3 is 5.69 Å². The molecule has 0 amide bonds. The summed E-state index contributed by atoms with van der Waals surface area (Å²) in [6.07, 6.45) is 0.916. The topological polar surface area (TPSA) is 90.7 Å². The van der Waals surface area contributed by atoms with Crippen molar-refractivity contribution in [2.24, 2.45) is 0 Å². The van der Waals surface area contributed by atoms with Crippen LogP contribution in [0.15, 0.2) is 58.1 Å². The van der Waals surface area contributed by atoms with Crippen molar-refractivity contribution in [2.75, 3.05) is 11.1 Å². The van der Waals surface area contributed by atoms with Crippen LogP contribution < -0.4 is 16.6 Å². The quantitative estimate of drug-likeness (QED) is 0.539. The molecule has 6 nitrogen and oxygen atoms in total. The molecule has 1 heterocycles. The molecule has 0 radical (unpaired) electrons. The summed E-state index contributed by atoms with van der Waals surface area (Å²) in [7, 11) is 0. The minimum Gasteiger partial charge on any atom is -0.342 e. The van der Waals surface area contributed by atoms with Gasteiger partial charge < -0.3 is 5.32 Å². The fourth-order valence-electron chi connectivity index (χ4n) is 3.11. The Morgan fingerprint density at radius 3 is 2.57 bits per heavy atom. The zero-order valence-electron chi connectivity index (χ0n) is 17.1. The standard InChI is InChI=1S/C23H24N4O2S/c1-3-19-12-20(9-4-16(19)2)25-21-13-22(28)27(23(29)26-21)10-11-30-15-18-7-5-17(14-24)6-8-18/h4-9,12-13,25H,3,10-11,15H2,1-2H3,(H,26,29). The van der Waals surface area contributed by atoms with Gasteiger partial charge in [0.1, 0.15) is 5.82 Å². The third kappa shape index (κ3) is 5.43. The molecule has 0 spiro atoms. The SMILES string of the molecule is CCc1cc(Nc2cc(=O)n(CCSCc3ccc(C#N)cc3)c(=O)[nH]2)ccc1C. The average Bonchev–Trinajstić information content (AvgIpc) is 2.74. The van der Waals surface area contributed by atoms with E-state index in [-0.39, 0.29) is 5.56 Å². The number of aromatic nitrogens is 2. The maximum Gasteiger partial charge on any atom is 0.329 e. The second kappa shape index (κ2) is 9.99. The lowest BCUT2D eigenvalue weighted by Crippen LogP contribution is -2.35. The lowest BCUT2D eigenvalue weighted by atomic mass is 10.1. The number of thioether (sulfide) groups is 1. The number of hydrogen-bond acceptors (Lipinski definition) is 5. The van der Waals surface area contributed by atoms with E-state index in [0.717, 1.165) is 23.4 Å². The Kier molecular flexibility index (Phi) is 7.15. The molecule has 3 aromatic rings. The molecule has 30 heavy (non-hydrogen) atoms. The lowest BCUT2D eigenvalue weighted by molar-refractivity contribution is 0.681. The van der Waals surface area contributed by atoms with Gasteiger partial charge in [0, 0.05) is 29.8 Å². The van der Waals surface area contributed by atoms with Crippen LogP contribution in [0.1, 0.15) is 29.2 Å². The summed E-state index contributed by atoms with van der Waals surface area (Å²) in [5.41, 5.74) is 4.25. The third-order valence-electron chi connectivity index (χ3n) is 4.84. The van der Waals surface area contributed by atoms with Crippen molar-refractivity contribution in [1.29, 1.82) is 5.26 Å². The molecule has 0 fully saturated rings. The fourth-order valence-corrected chi connectivity index (χ4v) is 3.99. The van der Waals surface area contributed by atoms with E-state index in [1.54, 1.807) is 23.9 Å². The normalized spacial score (nSPS) is 10.6. The molecule has 0 unspecified atom stereocenters. The Labute approximate surface area is 179 Å². The Morgan fingerprint density at radius 1 is 1.13 bits per heavy atom. The Bertz CT molecular complexity index is 1140. The van der Waals surface area contributed by atoms with Gasteiger partial charge in [0.15, 0.2) is 0 Å². The van der Waals surface area contributed by atoms with E-state index in [9.17, 15) is 9.59 Å². The van der Waals surface area contributed by atoms with Gasteiger partial charge in [-0.05, 0) is 54.3 Å². The smallest absolute Gasteiger partial charge is 0.329 e. The first-order chi connectivity index (χ1) is 14.5. The number of benzene rings is 2. The van der Waals surface area contributed by atoms with Crippen LogP contribution in [-0.2, 0) is 18.7 Å². The van der Waals surface area contributed by atoms with Crippen LogP contribution in [0, 0.1) is 18.3 Å². The van der Waals surface area contributed by atoms with Crippen LogP contribution in [-0.4, -0.2) is 15.3 Å². The Hall–Kier alpha value is -3.24. The number of nitrogens with one attached hydrogen (secondary N) is 2. The van der Waals surface area contributed by atoms with Gasteiger partial charge in [-0.2, -0.15) is 17.0 Å². The Morgan fingerprint density at radius 2 is 1.90 bits per heavy atom. The molecule has 0 aliphatic carbocycles. The van der Waals surface area contributed by atoms with Crippen LogP contribution in [0.5, 0.6) is 0 Å². The highest BCUT2D eigenvalue weighted by Gasteiger charge is 2.06. The molecule has 0 atom stereocenters. The van der Waals surface area contributed by atoms with Crippen molar-refractivity contribution < 1.29 is 0 Å². The number of nitrogens with zero attached hydrogens (tertiary/aromatic N) is 2. The van der Waals surface area contributed by atoms with Crippen molar-refractivity contribution in [2.45, 2.75) is 32.6 Å². The van der Waals surface area contributed by atoms with E-state index >= 15 is 0 Å². The van der Waals surface area contributed by atoms with Gasteiger partial charge in [-0.25, -0.2) is 4.79 Å². The first-order valence-electron chi connectivity index (χ1n) is 9.77. The second-order valence-electron chi connectivity index (χ2n) is 6.96. The van der Waals surface area contributed by atoms with Gasteiger partial charge in [-0.3, -0.25) is 14.3 Å². The highest BCUT2D eigenvalue weighted by atomic mass is 32.2. The van der Waals surface area contributed by atoms with E-state index < -0.39 is 5.69 Å². The second-order valence-corrected chi connectivity index (χ2v) is 8.06. The zero-order chi connectivity index (χ0) is 21.5. The van der Waals surface area contributed by atoms with Crippen LogP contribution >= 0.6 is 11.8 Å². The molecule has 0 bridgehead atoms. The Balaban J connectivity index is 1.61. The molecule has 154 valence electrons. The molecule has 3 rings (SSSR count). The maximum atomic E-state index is 12.4. The summed E-state index contributed by atoms with van der Waals surface area (Å²) in [4.78, 5) is 27.6. The number of hydrogen-bond donors (Lipinski definition) is 2. The van der Waals surface area contributed by atoms with Crippen LogP contribution in [0.3, 0.4) is 0 Å². The van der Waals surface area contributed by atoms with Gasteiger partial charge in [0.2, 0.25) is 0 Å².